The summed E-state index contributed by atoms with van der Waals surface area (Å²) in [5.74, 6) is -2.05. The van der Waals surface area contributed by atoms with Gasteiger partial charge >= 0.3 is 51.6 Å². The van der Waals surface area contributed by atoms with Crippen molar-refractivity contribution in [2.24, 2.45) is 0 Å². The fourth-order valence-corrected chi connectivity index (χ4v) is 3.45. The zero-order valence-corrected chi connectivity index (χ0v) is 18.6. The molecule has 0 rings (SSSR count). The van der Waals surface area contributed by atoms with E-state index < -0.39 is 40.0 Å². The maximum absolute atomic E-state index is 11.6. The van der Waals surface area contributed by atoms with E-state index in [1.807, 2.05) is 0 Å². The molecule has 0 aliphatic carbocycles. The summed E-state index contributed by atoms with van der Waals surface area (Å²) in [7, 11) is -4.58. The molecule has 0 spiro atoms. The zero-order chi connectivity index (χ0) is 22.1. The van der Waals surface area contributed by atoms with E-state index >= 15 is 0 Å². The molecule has 30 heavy (non-hydrogen) atoms. The average molecular weight is 463 g/mol. The summed E-state index contributed by atoms with van der Waals surface area (Å²) in [4.78, 5) is 23.2. The number of rotatable bonds is 18. The molecular formula is C20H39NaO8S. The van der Waals surface area contributed by atoms with Crippen molar-refractivity contribution in [1.29, 1.82) is 0 Å². The Morgan fingerprint density at radius 3 is 1.77 bits per heavy atom. The molecule has 0 amide bonds. The van der Waals surface area contributed by atoms with Gasteiger partial charge in [-0.25, -0.2) is 4.79 Å². The molecule has 10 heteroatoms. The number of aliphatic hydroxyl groups is 1. The third kappa shape index (κ3) is 17.5. The first kappa shape index (κ1) is 32.0. The van der Waals surface area contributed by atoms with E-state index in [2.05, 4.69) is 11.7 Å². The predicted molar refractivity (Wildman–Crippen MR) is 117 cm³/mol. The van der Waals surface area contributed by atoms with E-state index in [4.69, 9.17) is 9.29 Å². The predicted octanol–water partition coefficient (Wildman–Crippen LogP) is 3.11. The van der Waals surface area contributed by atoms with Crippen molar-refractivity contribution in [3.05, 3.63) is 0 Å². The van der Waals surface area contributed by atoms with Crippen molar-refractivity contribution < 1.29 is 37.1 Å². The van der Waals surface area contributed by atoms with Gasteiger partial charge in [-0.05, 0) is 12.8 Å². The third-order valence-corrected chi connectivity index (χ3v) is 5.65. The Balaban J connectivity index is 0. The summed E-state index contributed by atoms with van der Waals surface area (Å²) in [6.07, 6.45) is 10.3. The minimum absolute atomic E-state index is 0. The van der Waals surface area contributed by atoms with Crippen LogP contribution in [0.1, 0.15) is 97.3 Å². The Morgan fingerprint density at radius 2 is 1.33 bits per heavy atom. The molecule has 0 aromatic heterocycles. The first-order valence-corrected chi connectivity index (χ1v) is 12.2. The van der Waals surface area contributed by atoms with Crippen LogP contribution in [0.4, 0.5) is 0 Å². The Hall–Kier alpha value is -0.190. The van der Waals surface area contributed by atoms with Crippen molar-refractivity contribution in [1.82, 2.24) is 0 Å². The van der Waals surface area contributed by atoms with Crippen molar-refractivity contribution in [3.63, 3.8) is 0 Å². The summed E-state index contributed by atoms with van der Waals surface area (Å²) < 4.78 is 40.3. The molecule has 0 aromatic rings. The summed E-state index contributed by atoms with van der Waals surface area (Å²) in [6, 6.07) is 0. The van der Waals surface area contributed by atoms with Crippen LogP contribution in [0.25, 0.3) is 0 Å². The molecule has 0 aliphatic heterocycles. The molecule has 174 valence electrons. The van der Waals surface area contributed by atoms with Crippen LogP contribution in [0.3, 0.4) is 0 Å². The summed E-state index contributed by atoms with van der Waals surface area (Å²) >= 11 is 0. The summed E-state index contributed by atoms with van der Waals surface area (Å²) in [6.45, 7) is 3.81. The number of carbonyl (C=O) groups excluding carboxylic acids is 2. The van der Waals surface area contributed by atoms with Gasteiger partial charge in [0.2, 0.25) is 5.44 Å². The van der Waals surface area contributed by atoms with Crippen LogP contribution in [0, 0.1) is 0 Å². The van der Waals surface area contributed by atoms with Crippen molar-refractivity contribution in [3.8, 4) is 0 Å². The number of esters is 2. The fraction of sp³-hybridized carbons (Fsp3) is 0.900. The SMILES string of the molecule is CCCCCCCCCCCCCOC(=O)CC(O)C(=O)OC(CC)S(=O)(=O)O.[NaH]. The Labute approximate surface area is 203 Å². The van der Waals surface area contributed by atoms with Crippen LogP contribution in [-0.2, 0) is 29.2 Å². The van der Waals surface area contributed by atoms with Gasteiger partial charge in [0.05, 0.1) is 13.0 Å². The van der Waals surface area contributed by atoms with Crippen LogP contribution >= 0.6 is 0 Å². The van der Waals surface area contributed by atoms with E-state index in [0.717, 1.165) is 12.8 Å². The molecule has 2 unspecified atom stereocenters. The van der Waals surface area contributed by atoms with Crippen LogP contribution < -0.4 is 0 Å². The first-order chi connectivity index (χ1) is 13.7. The Kier molecular flexibility index (Phi) is 20.8. The molecule has 2 atom stereocenters. The summed E-state index contributed by atoms with van der Waals surface area (Å²) in [5.41, 5.74) is -1.77. The Bertz CT molecular complexity index is 553. The second kappa shape index (κ2) is 19.5. The molecule has 0 aliphatic rings. The van der Waals surface area contributed by atoms with Gasteiger partial charge in [0.1, 0.15) is 0 Å². The van der Waals surface area contributed by atoms with E-state index in [-0.39, 0.29) is 42.6 Å². The summed E-state index contributed by atoms with van der Waals surface area (Å²) in [5, 5.41) is 9.64. The molecule has 0 saturated heterocycles. The molecule has 0 fully saturated rings. The van der Waals surface area contributed by atoms with Gasteiger partial charge in [0.15, 0.2) is 6.10 Å². The maximum atomic E-state index is 11.6. The minimum atomic E-state index is -4.58. The normalized spacial score (nSPS) is 13.2. The molecule has 0 saturated carbocycles. The molecule has 8 nitrogen and oxygen atoms in total. The van der Waals surface area contributed by atoms with Gasteiger partial charge in [-0.15, -0.1) is 0 Å². The second-order valence-electron chi connectivity index (χ2n) is 7.27. The molecule has 2 N–H and O–H groups in total. The molecule has 0 bridgehead atoms. The number of hydrogen-bond acceptors (Lipinski definition) is 7. The van der Waals surface area contributed by atoms with Gasteiger partial charge in [-0.1, -0.05) is 78.1 Å². The number of hydrogen-bond donors (Lipinski definition) is 2. The van der Waals surface area contributed by atoms with Gasteiger partial charge < -0.3 is 14.6 Å². The van der Waals surface area contributed by atoms with E-state index in [0.29, 0.717) is 6.42 Å². The molecule has 0 heterocycles. The van der Waals surface area contributed by atoms with E-state index in [1.165, 1.54) is 58.3 Å². The van der Waals surface area contributed by atoms with Crippen molar-refractivity contribution >= 4 is 51.6 Å². The first-order valence-electron chi connectivity index (χ1n) is 10.7. The number of unbranched alkanes of at least 4 members (excludes halogenated alkanes) is 10. The number of aliphatic hydroxyl groups excluding tert-OH is 1. The standard InChI is InChI=1S/C20H38O8S.Na.H/c1-3-5-6-7-8-9-10-11-12-13-14-15-27-18(22)16-17(21)20(23)28-19(4-2)29(24,25)26;;/h17,19,21H,3-16H2,1-2H3,(H,24,25,26);;. The van der Waals surface area contributed by atoms with Crippen LogP contribution in [0.2, 0.25) is 0 Å². The van der Waals surface area contributed by atoms with E-state index in [9.17, 15) is 23.1 Å². The van der Waals surface area contributed by atoms with Gasteiger partial charge in [-0.2, -0.15) is 8.42 Å². The molecular weight excluding hydrogens is 423 g/mol. The average Bonchev–Trinajstić information content (AvgIpc) is 2.65. The third-order valence-electron chi connectivity index (χ3n) is 4.56. The van der Waals surface area contributed by atoms with Crippen molar-refractivity contribution in [2.45, 2.75) is 109 Å². The number of carbonyl (C=O) groups is 2. The second-order valence-corrected chi connectivity index (χ2v) is 8.82. The van der Waals surface area contributed by atoms with Gasteiger partial charge in [0.25, 0.3) is 0 Å². The van der Waals surface area contributed by atoms with Crippen molar-refractivity contribution in [2.75, 3.05) is 6.61 Å². The van der Waals surface area contributed by atoms with Gasteiger partial charge in [0, 0.05) is 0 Å². The van der Waals surface area contributed by atoms with Crippen LogP contribution in [0.15, 0.2) is 0 Å². The molecule has 0 radical (unpaired) electrons. The van der Waals surface area contributed by atoms with Crippen LogP contribution in [0.5, 0.6) is 0 Å². The number of ether oxygens (including phenoxy) is 2. The topological polar surface area (TPSA) is 127 Å². The monoisotopic (exact) mass is 462 g/mol. The van der Waals surface area contributed by atoms with Gasteiger partial charge in [-0.3, -0.25) is 9.35 Å². The Morgan fingerprint density at radius 1 is 0.867 bits per heavy atom. The zero-order valence-electron chi connectivity index (χ0n) is 17.8. The fourth-order valence-electron chi connectivity index (χ4n) is 2.82. The van der Waals surface area contributed by atoms with Crippen LogP contribution in [-0.4, -0.2) is 77.7 Å². The quantitative estimate of drug-likeness (QED) is 0.138. The molecule has 0 aromatic carbocycles. The van der Waals surface area contributed by atoms with E-state index in [1.54, 1.807) is 0 Å².